The lowest BCUT2D eigenvalue weighted by Gasteiger charge is -2.18. The molecule has 0 aliphatic rings. The Balaban J connectivity index is 3.42. The molecule has 0 fully saturated rings. The molecule has 0 aliphatic heterocycles. The first-order chi connectivity index (χ1) is 8.32. The number of hydrogen-bond acceptors (Lipinski definition) is 4. The number of aliphatic hydroxyl groups excluding tert-OH is 1. The topological polar surface area (TPSA) is 55.8 Å². The second kappa shape index (κ2) is 5.26. The number of benzene rings is 1. The summed E-state index contributed by atoms with van der Waals surface area (Å²) in [6.07, 6.45) is -6.76. The number of halogens is 3. The van der Waals surface area contributed by atoms with E-state index in [2.05, 4.69) is 4.74 Å². The Morgan fingerprint density at radius 1 is 1.33 bits per heavy atom. The third-order valence-corrected chi connectivity index (χ3v) is 2.29. The third-order valence-electron chi connectivity index (χ3n) is 2.29. The van der Waals surface area contributed by atoms with Crippen LogP contribution in [0.2, 0.25) is 0 Å². The summed E-state index contributed by atoms with van der Waals surface area (Å²) in [5.74, 6) is -1.42. The standard InChI is InChI=1S/C11H11F3O4/c1-17-7-5-3-4-6(11(12,13)14)8(7)9(15)10(16)18-2/h3-5,9,15H,1-2H3. The quantitative estimate of drug-likeness (QED) is 0.847. The highest BCUT2D eigenvalue weighted by Gasteiger charge is 2.38. The van der Waals surface area contributed by atoms with Crippen LogP contribution in [0.3, 0.4) is 0 Å². The van der Waals surface area contributed by atoms with Crippen molar-refractivity contribution in [3.8, 4) is 5.75 Å². The van der Waals surface area contributed by atoms with E-state index >= 15 is 0 Å². The molecule has 0 aromatic heterocycles. The fourth-order valence-electron chi connectivity index (χ4n) is 1.48. The summed E-state index contributed by atoms with van der Waals surface area (Å²) in [6.45, 7) is 0. The molecule has 1 aromatic carbocycles. The van der Waals surface area contributed by atoms with Crippen molar-refractivity contribution in [3.63, 3.8) is 0 Å². The van der Waals surface area contributed by atoms with Crippen LogP contribution in [0.1, 0.15) is 17.2 Å². The summed E-state index contributed by atoms with van der Waals surface area (Å²) in [6, 6.07) is 3.09. The van der Waals surface area contributed by atoms with Crippen molar-refractivity contribution in [2.24, 2.45) is 0 Å². The van der Waals surface area contributed by atoms with Crippen LogP contribution in [0.15, 0.2) is 18.2 Å². The summed E-state index contributed by atoms with van der Waals surface area (Å²) < 4.78 is 47.3. The molecule has 1 aromatic rings. The molecular formula is C11H11F3O4. The van der Waals surface area contributed by atoms with Gasteiger partial charge in [-0.1, -0.05) is 6.07 Å². The fourth-order valence-corrected chi connectivity index (χ4v) is 1.48. The van der Waals surface area contributed by atoms with Crippen LogP contribution >= 0.6 is 0 Å². The highest BCUT2D eigenvalue weighted by molar-refractivity contribution is 5.78. The number of alkyl halides is 3. The van der Waals surface area contributed by atoms with Crippen molar-refractivity contribution in [1.82, 2.24) is 0 Å². The predicted octanol–water partition coefficient (Wildman–Crippen LogP) is 1.92. The molecule has 1 N–H and O–H groups in total. The molecule has 7 heteroatoms. The zero-order valence-corrected chi connectivity index (χ0v) is 9.62. The van der Waals surface area contributed by atoms with Gasteiger partial charge in [0.05, 0.1) is 19.8 Å². The Kier molecular flexibility index (Phi) is 4.18. The number of esters is 1. The van der Waals surface area contributed by atoms with E-state index in [1.807, 2.05) is 0 Å². The molecule has 0 radical (unpaired) electrons. The summed E-state index contributed by atoms with van der Waals surface area (Å²) in [5, 5.41) is 9.59. The van der Waals surface area contributed by atoms with Crippen LogP contribution < -0.4 is 4.74 Å². The van der Waals surface area contributed by atoms with Gasteiger partial charge in [-0.3, -0.25) is 0 Å². The summed E-state index contributed by atoms with van der Waals surface area (Å²) in [4.78, 5) is 11.2. The zero-order valence-electron chi connectivity index (χ0n) is 9.62. The highest BCUT2D eigenvalue weighted by atomic mass is 19.4. The minimum Gasteiger partial charge on any atom is -0.496 e. The van der Waals surface area contributed by atoms with Gasteiger partial charge in [0.25, 0.3) is 0 Å². The van der Waals surface area contributed by atoms with Gasteiger partial charge in [0.1, 0.15) is 5.75 Å². The minimum atomic E-state index is -4.71. The normalized spacial score (nSPS) is 13.0. The van der Waals surface area contributed by atoms with Crippen LogP contribution in [-0.2, 0) is 15.7 Å². The van der Waals surface area contributed by atoms with Crippen molar-refractivity contribution in [2.45, 2.75) is 12.3 Å². The van der Waals surface area contributed by atoms with E-state index in [1.54, 1.807) is 0 Å². The number of methoxy groups -OCH3 is 2. The van der Waals surface area contributed by atoms with Gasteiger partial charge >= 0.3 is 12.1 Å². The Morgan fingerprint density at radius 3 is 2.39 bits per heavy atom. The third kappa shape index (κ3) is 2.73. The molecule has 1 unspecified atom stereocenters. The van der Waals surface area contributed by atoms with E-state index in [0.29, 0.717) is 0 Å². The van der Waals surface area contributed by atoms with Gasteiger partial charge in [-0.2, -0.15) is 13.2 Å². The predicted molar refractivity (Wildman–Crippen MR) is 55.0 cm³/mol. The molecule has 0 spiro atoms. The zero-order chi connectivity index (χ0) is 13.9. The SMILES string of the molecule is COC(=O)C(O)c1c(OC)cccc1C(F)(F)F. The molecule has 1 atom stereocenters. The van der Waals surface area contributed by atoms with Gasteiger partial charge < -0.3 is 14.6 Å². The van der Waals surface area contributed by atoms with E-state index in [4.69, 9.17) is 4.74 Å². The van der Waals surface area contributed by atoms with E-state index in [0.717, 1.165) is 26.4 Å². The molecule has 4 nitrogen and oxygen atoms in total. The first-order valence-electron chi connectivity index (χ1n) is 4.83. The number of hydrogen-bond donors (Lipinski definition) is 1. The van der Waals surface area contributed by atoms with Crippen LogP contribution in [0.5, 0.6) is 5.75 Å². The first-order valence-corrected chi connectivity index (χ1v) is 4.83. The van der Waals surface area contributed by atoms with Gasteiger partial charge in [-0.05, 0) is 12.1 Å². The van der Waals surface area contributed by atoms with Gasteiger partial charge in [0, 0.05) is 5.56 Å². The lowest BCUT2D eigenvalue weighted by Crippen LogP contribution is -2.19. The average Bonchev–Trinajstić information content (AvgIpc) is 2.34. The van der Waals surface area contributed by atoms with E-state index < -0.39 is 29.4 Å². The summed E-state index contributed by atoms with van der Waals surface area (Å²) >= 11 is 0. The molecule has 0 amide bonds. The van der Waals surface area contributed by atoms with Gasteiger partial charge in [0.15, 0.2) is 6.10 Å². The Morgan fingerprint density at radius 2 is 1.94 bits per heavy atom. The maximum Gasteiger partial charge on any atom is 0.416 e. The summed E-state index contributed by atoms with van der Waals surface area (Å²) in [7, 11) is 2.11. The molecule has 0 aliphatic carbocycles. The number of rotatable bonds is 3. The lowest BCUT2D eigenvalue weighted by molar-refractivity contribution is -0.152. The Hall–Kier alpha value is -1.76. The van der Waals surface area contributed by atoms with Crippen molar-refractivity contribution < 1.29 is 32.5 Å². The number of carbonyl (C=O) groups is 1. The first kappa shape index (κ1) is 14.3. The maximum atomic E-state index is 12.8. The molecule has 1 rings (SSSR count). The average molecular weight is 264 g/mol. The second-order valence-corrected chi connectivity index (χ2v) is 3.34. The van der Waals surface area contributed by atoms with Crippen molar-refractivity contribution in [1.29, 1.82) is 0 Å². The lowest BCUT2D eigenvalue weighted by atomic mass is 10.0. The van der Waals surface area contributed by atoms with E-state index in [-0.39, 0.29) is 5.75 Å². The van der Waals surface area contributed by atoms with Gasteiger partial charge in [-0.25, -0.2) is 4.79 Å². The van der Waals surface area contributed by atoms with Crippen LogP contribution in [0, 0.1) is 0 Å². The number of carbonyl (C=O) groups excluding carboxylic acids is 1. The number of aliphatic hydroxyl groups is 1. The molecule has 0 bridgehead atoms. The Bertz CT molecular complexity index is 442. The van der Waals surface area contributed by atoms with E-state index in [9.17, 15) is 23.1 Å². The number of ether oxygens (including phenoxy) is 2. The molecule has 18 heavy (non-hydrogen) atoms. The fraction of sp³-hybridized carbons (Fsp3) is 0.364. The van der Waals surface area contributed by atoms with Crippen LogP contribution in [0.4, 0.5) is 13.2 Å². The molecule has 100 valence electrons. The molecule has 0 heterocycles. The minimum absolute atomic E-state index is 0.234. The Labute approximate surface area is 101 Å². The van der Waals surface area contributed by atoms with Crippen LogP contribution in [0.25, 0.3) is 0 Å². The van der Waals surface area contributed by atoms with Gasteiger partial charge in [0.2, 0.25) is 0 Å². The monoisotopic (exact) mass is 264 g/mol. The van der Waals surface area contributed by atoms with Crippen molar-refractivity contribution in [3.05, 3.63) is 29.3 Å². The maximum absolute atomic E-state index is 12.8. The molecule has 0 saturated carbocycles. The largest absolute Gasteiger partial charge is 0.496 e. The highest BCUT2D eigenvalue weighted by Crippen LogP contribution is 2.39. The van der Waals surface area contributed by atoms with E-state index in [1.165, 1.54) is 6.07 Å². The van der Waals surface area contributed by atoms with Gasteiger partial charge in [-0.15, -0.1) is 0 Å². The van der Waals surface area contributed by atoms with Crippen LogP contribution in [-0.4, -0.2) is 25.3 Å². The second-order valence-electron chi connectivity index (χ2n) is 3.34. The molecule has 0 saturated heterocycles. The smallest absolute Gasteiger partial charge is 0.416 e. The summed E-state index contributed by atoms with van der Waals surface area (Å²) in [5.41, 5.74) is -1.79. The molecular weight excluding hydrogens is 253 g/mol. The van der Waals surface area contributed by atoms with Crippen molar-refractivity contribution in [2.75, 3.05) is 14.2 Å². The van der Waals surface area contributed by atoms with Crippen molar-refractivity contribution >= 4 is 5.97 Å².